The number of carbonyl (C=O) groups is 1. The van der Waals surface area contributed by atoms with Crippen molar-refractivity contribution in [3.8, 4) is 0 Å². The minimum atomic E-state index is -0.836. The van der Waals surface area contributed by atoms with Crippen molar-refractivity contribution in [2.75, 3.05) is 6.61 Å². The van der Waals surface area contributed by atoms with E-state index in [0.29, 0.717) is 36.8 Å². The zero-order valence-electron chi connectivity index (χ0n) is 15.1. The van der Waals surface area contributed by atoms with Crippen LogP contribution in [0.4, 0.5) is 0 Å². The lowest BCUT2D eigenvalue weighted by Crippen LogP contribution is -2.36. The van der Waals surface area contributed by atoms with Gasteiger partial charge >= 0.3 is 5.97 Å². The first-order valence-corrected chi connectivity index (χ1v) is 9.85. The Labute approximate surface area is 163 Å². The van der Waals surface area contributed by atoms with Crippen LogP contribution in [0.1, 0.15) is 50.2 Å². The third kappa shape index (κ3) is 5.00. The summed E-state index contributed by atoms with van der Waals surface area (Å²) in [6.45, 7) is 0.298. The maximum atomic E-state index is 10.5. The molecule has 1 aromatic rings. The average molecular weight is 396 g/mol. The Morgan fingerprint density at radius 3 is 2.78 bits per heavy atom. The first-order valence-electron chi connectivity index (χ1n) is 9.48. The summed E-state index contributed by atoms with van der Waals surface area (Å²) in [7, 11) is 0. The Morgan fingerprint density at radius 1 is 1.33 bits per heavy atom. The van der Waals surface area contributed by atoms with E-state index in [2.05, 4.69) is 5.16 Å². The van der Waals surface area contributed by atoms with E-state index >= 15 is 0 Å². The SMILES string of the molecule is O=C(O)CCCON=C1CC2C1CC(O)C2CCC(O)c1ccc(Cl)cc1. The van der Waals surface area contributed by atoms with Crippen molar-refractivity contribution >= 4 is 23.3 Å². The molecule has 0 aliphatic heterocycles. The number of carboxylic acids is 1. The highest BCUT2D eigenvalue weighted by atomic mass is 35.5. The summed E-state index contributed by atoms with van der Waals surface area (Å²) in [5.74, 6) is -0.0312. The minimum absolute atomic E-state index is 0.0770. The fraction of sp³-hybridized carbons (Fsp3) is 0.600. The number of carboxylic acid groups (broad SMARTS) is 1. The molecule has 148 valence electrons. The molecule has 2 aliphatic carbocycles. The Balaban J connectivity index is 1.44. The fourth-order valence-electron chi connectivity index (χ4n) is 4.23. The summed E-state index contributed by atoms with van der Waals surface area (Å²) in [5.41, 5.74) is 1.81. The van der Waals surface area contributed by atoms with Crippen LogP contribution in [0.15, 0.2) is 29.4 Å². The number of fused-ring (bicyclic) bond motifs is 1. The van der Waals surface area contributed by atoms with Gasteiger partial charge in [-0.15, -0.1) is 0 Å². The maximum Gasteiger partial charge on any atom is 0.303 e. The normalized spacial score (nSPS) is 29.2. The highest BCUT2D eigenvalue weighted by molar-refractivity contribution is 6.30. The molecule has 1 aromatic carbocycles. The van der Waals surface area contributed by atoms with Crippen molar-refractivity contribution in [1.82, 2.24) is 0 Å². The van der Waals surface area contributed by atoms with Gasteiger partial charge in [0.05, 0.1) is 17.9 Å². The zero-order chi connectivity index (χ0) is 19.4. The number of aliphatic hydroxyl groups excluding tert-OH is 2. The van der Waals surface area contributed by atoms with Crippen LogP contribution in [-0.4, -0.2) is 39.7 Å². The lowest BCUT2D eigenvalue weighted by Gasteiger charge is -2.35. The van der Waals surface area contributed by atoms with Crippen LogP contribution in [0, 0.1) is 17.8 Å². The highest BCUT2D eigenvalue weighted by Gasteiger charge is 2.51. The van der Waals surface area contributed by atoms with Gasteiger partial charge in [-0.25, -0.2) is 0 Å². The summed E-state index contributed by atoms with van der Waals surface area (Å²) in [5, 5.41) is 34.2. The van der Waals surface area contributed by atoms with Crippen molar-refractivity contribution in [2.24, 2.45) is 22.9 Å². The molecule has 0 aromatic heterocycles. The first-order chi connectivity index (χ1) is 13.0. The third-order valence-corrected chi connectivity index (χ3v) is 6.02. The van der Waals surface area contributed by atoms with E-state index in [1.54, 1.807) is 12.1 Å². The number of hydrogen-bond donors (Lipinski definition) is 3. The number of hydrogen-bond acceptors (Lipinski definition) is 5. The molecule has 2 saturated carbocycles. The number of benzene rings is 1. The second kappa shape index (κ2) is 9.04. The summed E-state index contributed by atoms with van der Waals surface area (Å²) >= 11 is 5.88. The Bertz CT molecular complexity index is 677. The topological polar surface area (TPSA) is 99.4 Å². The van der Waals surface area contributed by atoms with Crippen molar-refractivity contribution < 1.29 is 25.0 Å². The van der Waals surface area contributed by atoms with E-state index in [-0.39, 0.29) is 24.4 Å². The molecule has 6 nitrogen and oxygen atoms in total. The molecular weight excluding hydrogens is 370 g/mol. The van der Waals surface area contributed by atoms with Crippen LogP contribution in [0.3, 0.4) is 0 Å². The van der Waals surface area contributed by atoms with Gasteiger partial charge in [0.2, 0.25) is 0 Å². The van der Waals surface area contributed by atoms with Crippen molar-refractivity contribution in [3.05, 3.63) is 34.9 Å². The van der Waals surface area contributed by atoms with Gasteiger partial charge in [0.25, 0.3) is 0 Å². The van der Waals surface area contributed by atoms with Gasteiger partial charge in [-0.1, -0.05) is 28.9 Å². The molecule has 0 amide bonds. The molecule has 2 fully saturated rings. The second-order valence-electron chi connectivity index (χ2n) is 7.50. The highest BCUT2D eigenvalue weighted by Crippen LogP contribution is 2.51. The van der Waals surface area contributed by atoms with E-state index in [1.807, 2.05) is 12.1 Å². The van der Waals surface area contributed by atoms with Crippen LogP contribution in [0.25, 0.3) is 0 Å². The lowest BCUT2D eigenvalue weighted by atomic mass is 9.70. The van der Waals surface area contributed by atoms with Gasteiger partial charge < -0.3 is 20.2 Å². The summed E-state index contributed by atoms with van der Waals surface area (Å²) < 4.78 is 0. The van der Waals surface area contributed by atoms with Gasteiger partial charge in [-0.05, 0) is 61.6 Å². The van der Waals surface area contributed by atoms with Crippen molar-refractivity contribution in [3.63, 3.8) is 0 Å². The predicted molar refractivity (Wildman–Crippen MR) is 102 cm³/mol. The molecule has 0 heterocycles. The molecular formula is C20H26ClNO5. The van der Waals surface area contributed by atoms with Crippen LogP contribution in [0.2, 0.25) is 5.02 Å². The number of aliphatic hydroxyl groups is 2. The second-order valence-corrected chi connectivity index (χ2v) is 7.94. The summed E-state index contributed by atoms with van der Waals surface area (Å²) in [4.78, 5) is 15.7. The van der Waals surface area contributed by atoms with Crippen molar-refractivity contribution in [1.29, 1.82) is 0 Å². The lowest BCUT2D eigenvalue weighted by molar-refractivity contribution is -0.137. The number of oxime groups is 1. The predicted octanol–water partition coefficient (Wildman–Crippen LogP) is 3.41. The zero-order valence-corrected chi connectivity index (χ0v) is 15.9. The average Bonchev–Trinajstić information content (AvgIpc) is 2.87. The van der Waals surface area contributed by atoms with E-state index in [9.17, 15) is 15.0 Å². The fourth-order valence-corrected chi connectivity index (χ4v) is 4.36. The van der Waals surface area contributed by atoms with E-state index in [0.717, 1.165) is 24.1 Å². The number of aliphatic carboxylic acids is 1. The summed E-state index contributed by atoms with van der Waals surface area (Å²) in [6.07, 6.45) is 2.44. The molecule has 5 atom stereocenters. The molecule has 0 radical (unpaired) electrons. The summed E-state index contributed by atoms with van der Waals surface area (Å²) in [6, 6.07) is 7.20. The van der Waals surface area contributed by atoms with Gasteiger partial charge in [-0.2, -0.15) is 0 Å². The maximum absolute atomic E-state index is 10.5. The van der Waals surface area contributed by atoms with Crippen LogP contribution < -0.4 is 0 Å². The third-order valence-electron chi connectivity index (χ3n) is 5.77. The standard InChI is InChI=1S/C20H26ClNO5/c21-13-5-3-12(4-6-13)18(23)8-7-14-15-10-17(16(15)11-19(14)24)22-27-9-1-2-20(25)26/h3-6,14-16,18-19,23-24H,1-2,7-11H2,(H,25,26). The molecule has 3 N–H and O–H groups in total. The molecule has 3 rings (SSSR count). The minimum Gasteiger partial charge on any atom is -0.481 e. The van der Waals surface area contributed by atoms with Crippen LogP contribution in [0.5, 0.6) is 0 Å². The molecule has 27 heavy (non-hydrogen) atoms. The molecule has 5 unspecified atom stereocenters. The van der Waals surface area contributed by atoms with Gasteiger partial charge in [-0.3, -0.25) is 4.79 Å². The molecule has 7 heteroatoms. The van der Waals surface area contributed by atoms with E-state index < -0.39 is 12.1 Å². The Kier molecular flexibility index (Phi) is 6.73. The van der Waals surface area contributed by atoms with Crippen LogP contribution in [-0.2, 0) is 9.63 Å². The first kappa shape index (κ1) is 20.1. The van der Waals surface area contributed by atoms with E-state index in [4.69, 9.17) is 21.5 Å². The molecule has 0 bridgehead atoms. The molecule has 2 aliphatic rings. The van der Waals surface area contributed by atoms with Gasteiger partial charge in [0.15, 0.2) is 0 Å². The monoisotopic (exact) mass is 395 g/mol. The van der Waals surface area contributed by atoms with Gasteiger partial charge in [0, 0.05) is 17.4 Å². The van der Waals surface area contributed by atoms with Gasteiger partial charge in [0.1, 0.15) is 6.61 Å². The number of rotatable bonds is 9. The van der Waals surface area contributed by atoms with Crippen molar-refractivity contribution in [2.45, 2.75) is 50.7 Å². The number of nitrogens with zero attached hydrogens (tertiary/aromatic N) is 1. The number of halogens is 1. The Morgan fingerprint density at radius 2 is 2.07 bits per heavy atom. The quantitative estimate of drug-likeness (QED) is 0.439. The van der Waals surface area contributed by atoms with E-state index in [1.165, 1.54) is 0 Å². The smallest absolute Gasteiger partial charge is 0.303 e. The van der Waals surface area contributed by atoms with Crippen LogP contribution >= 0.6 is 11.6 Å². The largest absolute Gasteiger partial charge is 0.481 e. The molecule has 0 saturated heterocycles. The molecule has 0 spiro atoms. The Hall–Kier alpha value is -1.63.